The van der Waals surface area contributed by atoms with Gasteiger partial charge in [-0.3, -0.25) is 9.59 Å². The molecule has 1 heterocycles. The predicted molar refractivity (Wildman–Crippen MR) is 78.7 cm³/mol. The molecule has 0 bridgehead atoms. The van der Waals surface area contributed by atoms with Gasteiger partial charge in [-0.2, -0.15) is 0 Å². The van der Waals surface area contributed by atoms with Crippen molar-refractivity contribution < 1.29 is 14.1 Å². The smallest absolute Gasteiger partial charge is 0.238 e. The second-order valence-electron chi connectivity index (χ2n) is 4.22. The fourth-order valence-corrected chi connectivity index (χ4v) is 2.02. The first-order valence-electron chi connectivity index (χ1n) is 6.30. The molecular formula is C12H20N4O3S. The average molecular weight is 300 g/mol. The number of hydrogen-bond acceptors (Lipinski definition) is 6. The zero-order valence-electron chi connectivity index (χ0n) is 11.9. The lowest BCUT2D eigenvalue weighted by molar-refractivity contribution is -0.118. The van der Waals surface area contributed by atoms with Crippen molar-refractivity contribution in [3.8, 4) is 0 Å². The highest BCUT2D eigenvalue weighted by Gasteiger charge is 2.16. The van der Waals surface area contributed by atoms with E-state index in [2.05, 4.69) is 21.1 Å². The first-order valence-corrected chi connectivity index (χ1v) is 7.35. The molecule has 3 N–H and O–H groups in total. The van der Waals surface area contributed by atoms with Gasteiger partial charge in [0, 0.05) is 19.2 Å². The third-order valence-electron chi connectivity index (χ3n) is 2.41. The van der Waals surface area contributed by atoms with E-state index in [0.29, 0.717) is 18.1 Å². The van der Waals surface area contributed by atoms with Gasteiger partial charge in [-0.1, -0.05) is 5.16 Å². The van der Waals surface area contributed by atoms with Gasteiger partial charge in [-0.15, -0.1) is 11.8 Å². The number of anilines is 1. The largest absolute Gasteiger partial charge is 0.360 e. The molecule has 1 unspecified atom stereocenters. The van der Waals surface area contributed by atoms with Crippen LogP contribution in [0.5, 0.6) is 0 Å². The molecule has 0 radical (unpaired) electrons. The number of amides is 2. The number of likely N-dealkylation sites (N-methyl/N-ethyl adjacent to an activating group) is 1. The second-order valence-corrected chi connectivity index (χ2v) is 5.55. The van der Waals surface area contributed by atoms with Gasteiger partial charge in [-0.25, -0.2) is 0 Å². The third kappa shape index (κ3) is 6.07. The van der Waals surface area contributed by atoms with Gasteiger partial charge in [0.1, 0.15) is 5.76 Å². The van der Waals surface area contributed by atoms with Gasteiger partial charge in [0.15, 0.2) is 5.82 Å². The molecule has 112 valence electrons. The molecule has 8 heteroatoms. The molecule has 1 atom stereocenters. The number of thioether (sulfide) groups is 1. The number of nitrogens with one attached hydrogen (secondary N) is 3. The maximum Gasteiger partial charge on any atom is 0.238 e. The minimum atomic E-state index is -0.345. The van der Waals surface area contributed by atoms with Crippen LogP contribution in [0.15, 0.2) is 10.6 Å². The molecule has 0 fully saturated rings. The van der Waals surface area contributed by atoms with Crippen LogP contribution in [0.4, 0.5) is 5.82 Å². The van der Waals surface area contributed by atoms with Gasteiger partial charge in [0.05, 0.1) is 11.0 Å². The summed E-state index contributed by atoms with van der Waals surface area (Å²) in [4.78, 5) is 23.3. The molecule has 1 aromatic heterocycles. The molecule has 0 aliphatic heterocycles. The van der Waals surface area contributed by atoms with Gasteiger partial charge in [0.25, 0.3) is 0 Å². The molecule has 20 heavy (non-hydrogen) atoms. The van der Waals surface area contributed by atoms with E-state index in [1.165, 1.54) is 11.8 Å². The number of rotatable bonds is 8. The monoisotopic (exact) mass is 300 g/mol. The Labute approximate surface area is 122 Å². The summed E-state index contributed by atoms with van der Waals surface area (Å²) in [5.41, 5.74) is 0. The second kappa shape index (κ2) is 8.60. The van der Waals surface area contributed by atoms with Crippen LogP contribution in [0.1, 0.15) is 12.7 Å². The minimum absolute atomic E-state index is 0.0813. The quantitative estimate of drug-likeness (QED) is 0.601. The molecule has 0 aromatic carbocycles. The number of aromatic nitrogens is 1. The number of aryl methyl sites for hydroxylation is 1. The zero-order valence-corrected chi connectivity index (χ0v) is 12.7. The Kier molecular flexibility index (Phi) is 7.10. The highest BCUT2D eigenvalue weighted by atomic mass is 32.2. The molecular weight excluding hydrogens is 280 g/mol. The highest BCUT2D eigenvalue weighted by Crippen LogP contribution is 2.13. The first-order chi connectivity index (χ1) is 9.52. The number of nitrogens with zero attached hydrogens (tertiary/aromatic N) is 1. The van der Waals surface area contributed by atoms with E-state index >= 15 is 0 Å². The Morgan fingerprint density at radius 3 is 2.80 bits per heavy atom. The number of carbonyl (C=O) groups is 2. The van der Waals surface area contributed by atoms with E-state index in [4.69, 9.17) is 4.52 Å². The summed E-state index contributed by atoms with van der Waals surface area (Å²) in [6, 6.07) is 1.64. The van der Waals surface area contributed by atoms with Crippen molar-refractivity contribution in [2.45, 2.75) is 19.1 Å². The molecule has 1 rings (SSSR count). The summed E-state index contributed by atoms with van der Waals surface area (Å²) in [7, 11) is 1.82. The zero-order chi connectivity index (χ0) is 15.0. The maximum absolute atomic E-state index is 11.8. The van der Waals surface area contributed by atoms with Crippen LogP contribution in [0, 0.1) is 6.92 Å². The van der Waals surface area contributed by atoms with E-state index in [0.717, 1.165) is 6.54 Å². The van der Waals surface area contributed by atoms with Crippen molar-refractivity contribution in [1.29, 1.82) is 0 Å². The van der Waals surface area contributed by atoms with Crippen LogP contribution in [0.3, 0.4) is 0 Å². The van der Waals surface area contributed by atoms with Crippen LogP contribution in [-0.2, 0) is 9.59 Å². The Morgan fingerprint density at radius 1 is 1.45 bits per heavy atom. The number of carbonyl (C=O) groups excluding carboxylic acids is 2. The van der Waals surface area contributed by atoms with Gasteiger partial charge in [-0.05, 0) is 20.9 Å². The van der Waals surface area contributed by atoms with E-state index < -0.39 is 0 Å². The van der Waals surface area contributed by atoms with Crippen molar-refractivity contribution in [2.24, 2.45) is 0 Å². The van der Waals surface area contributed by atoms with E-state index in [1.807, 2.05) is 7.05 Å². The SMILES string of the molecule is CNCCNC(=O)CSC(C)C(=O)Nc1cc(C)on1. The molecule has 0 spiro atoms. The summed E-state index contributed by atoms with van der Waals surface area (Å²) < 4.78 is 4.86. The fourth-order valence-electron chi connectivity index (χ4n) is 1.31. The van der Waals surface area contributed by atoms with Crippen LogP contribution < -0.4 is 16.0 Å². The summed E-state index contributed by atoms with van der Waals surface area (Å²) in [5.74, 6) is 0.979. The molecule has 0 saturated carbocycles. The van der Waals surface area contributed by atoms with Crippen molar-refractivity contribution in [2.75, 3.05) is 31.2 Å². The summed E-state index contributed by atoms with van der Waals surface area (Å²) in [6.07, 6.45) is 0. The molecule has 0 aliphatic carbocycles. The first kappa shape index (κ1) is 16.5. The molecule has 0 saturated heterocycles. The lowest BCUT2D eigenvalue weighted by Gasteiger charge is -2.10. The van der Waals surface area contributed by atoms with Gasteiger partial charge < -0.3 is 20.5 Å². The Morgan fingerprint density at radius 2 is 2.20 bits per heavy atom. The highest BCUT2D eigenvalue weighted by molar-refractivity contribution is 8.01. The van der Waals surface area contributed by atoms with E-state index in [9.17, 15) is 9.59 Å². The van der Waals surface area contributed by atoms with E-state index in [-0.39, 0.29) is 22.8 Å². The molecule has 2 amide bonds. The topological polar surface area (TPSA) is 96.3 Å². The van der Waals surface area contributed by atoms with Crippen LogP contribution in [0.25, 0.3) is 0 Å². The minimum Gasteiger partial charge on any atom is -0.360 e. The Balaban J connectivity index is 2.26. The lowest BCUT2D eigenvalue weighted by atomic mass is 10.4. The van der Waals surface area contributed by atoms with Gasteiger partial charge >= 0.3 is 0 Å². The van der Waals surface area contributed by atoms with E-state index in [1.54, 1.807) is 19.9 Å². The molecule has 0 aliphatic rings. The van der Waals surface area contributed by atoms with Crippen LogP contribution in [-0.4, -0.2) is 48.1 Å². The average Bonchev–Trinajstić information content (AvgIpc) is 2.81. The summed E-state index contributed by atoms with van der Waals surface area (Å²) >= 11 is 1.27. The van der Waals surface area contributed by atoms with Crippen molar-refractivity contribution in [3.05, 3.63) is 11.8 Å². The third-order valence-corrected chi connectivity index (χ3v) is 3.55. The number of hydrogen-bond donors (Lipinski definition) is 3. The summed E-state index contributed by atoms with van der Waals surface area (Å²) in [6.45, 7) is 4.79. The Bertz CT molecular complexity index is 450. The normalized spacial score (nSPS) is 11.9. The summed E-state index contributed by atoms with van der Waals surface area (Å²) in [5, 5.41) is 11.7. The lowest BCUT2D eigenvalue weighted by Crippen LogP contribution is -2.32. The van der Waals surface area contributed by atoms with Gasteiger partial charge in [0.2, 0.25) is 11.8 Å². The predicted octanol–water partition coefficient (Wildman–Crippen LogP) is 0.379. The fraction of sp³-hybridized carbons (Fsp3) is 0.583. The van der Waals surface area contributed by atoms with Crippen molar-refractivity contribution >= 4 is 29.4 Å². The van der Waals surface area contributed by atoms with Crippen LogP contribution in [0.2, 0.25) is 0 Å². The Hall–Kier alpha value is -1.54. The van der Waals surface area contributed by atoms with Crippen molar-refractivity contribution in [3.63, 3.8) is 0 Å². The van der Waals surface area contributed by atoms with Crippen LogP contribution >= 0.6 is 11.8 Å². The van der Waals surface area contributed by atoms with Crippen molar-refractivity contribution in [1.82, 2.24) is 15.8 Å². The standard InChI is InChI=1S/C12H20N4O3S/c1-8-6-10(16-19-8)15-12(18)9(2)20-7-11(17)14-5-4-13-3/h6,9,13H,4-5,7H2,1-3H3,(H,14,17)(H,15,16,18). The molecule has 7 nitrogen and oxygen atoms in total. The molecule has 1 aromatic rings. The maximum atomic E-state index is 11.8.